The van der Waals surface area contributed by atoms with Crippen LogP contribution < -0.4 is 11.2 Å². The van der Waals surface area contributed by atoms with Crippen molar-refractivity contribution in [2.45, 2.75) is 6.54 Å². The van der Waals surface area contributed by atoms with Crippen LogP contribution in [0.2, 0.25) is 0 Å². The predicted molar refractivity (Wildman–Crippen MR) is 43.3 cm³/mol. The molecule has 52 valence electrons. The van der Waals surface area contributed by atoms with Gasteiger partial charge in [-0.25, -0.2) is 0 Å². The normalized spacial score (nSPS) is 9.40. The molecule has 1 aromatic rings. The molecule has 0 radical (unpaired) electrons. The van der Waals surface area contributed by atoms with Gasteiger partial charge < -0.3 is 10.8 Å². The Bertz CT molecular complexity index is 174. The molecule has 0 aliphatic heterocycles. The Morgan fingerprint density at radius 1 is 1.30 bits per heavy atom. The van der Waals surface area contributed by atoms with Gasteiger partial charge in [-0.15, -0.1) is 0 Å². The van der Waals surface area contributed by atoms with Gasteiger partial charge in [0.2, 0.25) is 0 Å². The van der Waals surface area contributed by atoms with Crippen molar-refractivity contribution in [1.82, 2.24) is 0 Å². The van der Waals surface area contributed by atoms with Gasteiger partial charge in [0.25, 0.3) is 0 Å². The molecule has 1 rings (SSSR count). The third-order valence-electron chi connectivity index (χ3n) is 1.44. The molecule has 3 N–H and O–H groups in total. The van der Waals surface area contributed by atoms with Crippen LogP contribution in [0.15, 0.2) is 24.3 Å². The zero-order valence-electron chi connectivity index (χ0n) is 5.75. The summed E-state index contributed by atoms with van der Waals surface area (Å²) >= 11 is 0. The summed E-state index contributed by atoms with van der Waals surface area (Å²) in [5.74, 6) is 0. The summed E-state index contributed by atoms with van der Waals surface area (Å²) < 4.78 is 0. The molecular weight excluding hydrogens is 125 g/mol. The van der Waals surface area contributed by atoms with Crippen LogP contribution in [-0.4, -0.2) is 12.5 Å². The first-order valence-corrected chi connectivity index (χ1v) is 3.25. The van der Waals surface area contributed by atoms with Crippen LogP contribution in [-0.2, 0) is 6.54 Å². The Morgan fingerprint density at radius 3 is 2.30 bits per heavy atom. The van der Waals surface area contributed by atoms with E-state index in [1.807, 2.05) is 24.3 Å². The molecule has 0 atom stereocenters. The van der Waals surface area contributed by atoms with Crippen LogP contribution in [0.4, 0.5) is 0 Å². The predicted octanol–water partition coefficient (Wildman–Crippen LogP) is -0.886. The van der Waals surface area contributed by atoms with Gasteiger partial charge in [0.15, 0.2) is 0 Å². The van der Waals surface area contributed by atoms with Crippen molar-refractivity contribution in [3.05, 3.63) is 29.8 Å². The lowest BCUT2D eigenvalue weighted by Gasteiger charge is -1.96. The van der Waals surface area contributed by atoms with Crippen LogP contribution in [0, 0.1) is 0 Å². The van der Waals surface area contributed by atoms with Crippen molar-refractivity contribution in [3.63, 3.8) is 0 Å². The minimum Gasteiger partial charge on any atom is -0.449 e. The molecule has 10 heavy (non-hydrogen) atoms. The smallest absolute Gasteiger partial charge is 0.304 e. The lowest BCUT2D eigenvalue weighted by atomic mass is 9.88. The number of nitrogens with two attached hydrogens (primary N) is 1. The first-order chi connectivity index (χ1) is 4.86. The van der Waals surface area contributed by atoms with Gasteiger partial charge in [-0.1, -0.05) is 29.7 Å². The van der Waals surface area contributed by atoms with E-state index in [0.717, 1.165) is 11.0 Å². The molecule has 0 amide bonds. The summed E-state index contributed by atoms with van der Waals surface area (Å²) in [7, 11) is 0.102. The van der Waals surface area contributed by atoms with Gasteiger partial charge in [0.1, 0.15) is 0 Å². The molecule has 0 heterocycles. The van der Waals surface area contributed by atoms with Crippen molar-refractivity contribution < 1.29 is 5.02 Å². The van der Waals surface area contributed by atoms with E-state index < -0.39 is 0 Å². The molecule has 0 saturated heterocycles. The second-order valence-corrected chi connectivity index (χ2v) is 2.18. The molecule has 0 unspecified atom stereocenters. The second-order valence-electron chi connectivity index (χ2n) is 2.18. The van der Waals surface area contributed by atoms with Crippen LogP contribution in [0.1, 0.15) is 5.56 Å². The first kappa shape index (κ1) is 7.31. The lowest BCUT2D eigenvalue weighted by Crippen LogP contribution is -2.12. The Labute approximate surface area is 61.0 Å². The van der Waals surface area contributed by atoms with Crippen LogP contribution in [0.5, 0.6) is 0 Å². The molecule has 3 heteroatoms. The topological polar surface area (TPSA) is 46.2 Å². The first-order valence-electron chi connectivity index (χ1n) is 3.25. The summed E-state index contributed by atoms with van der Waals surface area (Å²) in [6.45, 7) is 0.561. The molecular formula is C7H10BNO. The maximum absolute atomic E-state index is 8.67. The van der Waals surface area contributed by atoms with Gasteiger partial charge in [0, 0.05) is 6.54 Å². The highest BCUT2D eigenvalue weighted by atomic mass is 16.2. The molecule has 1 aromatic carbocycles. The second kappa shape index (κ2) is 3.39. The van der Waals surface area contributed by atoms with Crippen molar-refractivity contribution in [1.29, 1.82) is 0 Å². The summed E-state index contributed by atoms with van der Waals surface area (Å²) in [6, 6.07) is 7.60. The van der Waals surface area contributed by atoms with E-state index in [2.05, 4.69) is 0 Å². The van der Waals surface area contributed by atoms with Gasteiger partial charge in [-0.05, 0) is 5.56 Å². The standard InChI is InChI=1S/C7H10BNO/c9-5-6-1-3-7(8-10)4-2-6/h1-4,8,10H,5,9H2. The highest BCUT2D eigenvalue weighted by Gasteiger charge is 1.91. The molecule has 0 spiro atoms. The highest BCUT2D eigenvalue weighted by Crippen LogP contribution is 1.93. The minimum absolute atomic E-state index is 0.102. The lowest BCUT2D eigenvalue weighted by molar-refractivity contribution is 0.615. The van der Waals surface area contributed by atoms with E-state index in [-0.39, 0.29) is 7.48 Å². The summed E-state index contributed by atoms with van der Waals surface area (Å²) in [6.07, 6.45) is 0. The summed E-state index contributed by atoms with van der Waals surface area (Å²) in [5, 5.41) is 8.67. The molecule has 0 aliphatic rings. The minimum atomic E-state index is 0.102. The Kier molecular flexibility index (Phi) is 2.48. The zero-order chi connectivity index (χ0) is 7.40. The SMILES string of the molecule is NCc1ccc(BO)cc1. The Balaban J connectivity index is 2.80. The summed E-state index contributed by atoms with van der Waals surface area (Å²) in [5.41, 5.74) is 7.40. The average molecular weight is 135 g/mol. The number of hydrogen-bond donors (Lipinski definition) is 2. The molecule has 0 aliphatic carbocycles. The third kappa shape index (κ3) is 1.59. The maximum Gasteiger partial charge on any atom is 0.304 e. The fraction of sp³-hybridized carbons (Fsp3) is 0.143. The Morgan fingerprint density at radius 2 is 1.90 bits per heavy atom. The Hall–Kier alpha value is -0.795. The van der Waals surface area contributed by atoms with Crippen molar-refractivity contribution in [2.75, 3.05) is 0 Å². The highest BCUT2D eigenvalue weighted by molar-refractivity contribution is 6.45. The van der Waals surface area contributed by atoms with Gasteiger partial charge in [-0.2, -0.15) is 0 Å². The average Bonchev–Trinajstić information content (AvgIpc) is 2.05. The van der Waals surface area contributed by atoms with Gasteiger partial charge in [0.05, 0.1) is 0 Å². The number of benzene rings is 1. The van der Waals surface area contributed by atoms with Crippen molar-refractivity contribution >= 4 is 12.9 Å². The van der Waals surface area contributed by atoms with Gasteiger partial charge in [-0.3, -0.25) is 0 Å². The molecule has 0 fully saturated rings. The van der Waals surface area contributed by atoms with E-state index in [1.54, 1.807) is 0 Å². The van der Waals surface area contributed by atoms with E-state index in [9.17, 15) is 0 Å². The number of hydrogen-bond acceptors (Lipinski definition) is 2. The number of rotatable bonds is 2. The van der Waals surface area contributed by atoms with E-state index in [1.165, 1.54) is 0 Å². The van der Waals surface area contributed by atoms with E-state index in [0.29, 0.717) is 6.54 Å². The quantitative estimate of drug-likeness (QED) is 0.517. The van der Waals surface area contributed by atoms with Crippen molar-refractivity contribution in [3.8, 4) is 0 Å². The largest absolute Gasteiger partial charge is 0.449 e. The fourth-order valence-electron chi connectivity index (χ4n) is 0.781. The monoisotopic (exact) mass is 135 g/mol. The van der Waals surface area contributed by atoms with Crippen LogP contribution in [0.25, 0.3) is 0 Å². The maximum atomic E-state index is 8.67. The van der Waals surface area contributed by atoms with E-state index >= 15 is 0 Å². The third-order valence-corrected chi connectivity index (χ3v) is 1.44. The van der Waals surface area contributed by atoms with Crippen molar-refractivity contribution in [2.24, 2.45) is 5.73 Å². The molecule has 0 aromatic heterocycles. The summed E-state index contributed by atoms with van der Waals surface area (Å²) in [4.78, 5) is 0. The molecule has 2 nitrogen and oxygen atoms in total. The van der Waals surface area contributed by atoms with Crippen LogP contribution in [0.3, 0.4) is 0 Å². The molecule has 0 saturated carbocycles. The van der Waals surface area contributed by atoms with Gasteiger partial charge >= 0.3 is 7.48 Å². The molecule has 0 bridgehead atoms. The van der Waals surface area contributed by atoms with E-state index in [4.69, 9.17) is 10.8 Å². The fourth-order valence-corrected chi connectivity index (χ4v) is 0.781. The van der Waals surface area contributed by atoms with Crippen LogP contribution >= 0.6 is 0 Å². The zero-order valence-corrected chi connectivity index (χ0v) is 5.75.